The van der Waals surface area contributed by atoms with Crippen molar-refractivity contribution >= 4 is 17.2 Å². The van der Waals surface area contributed by atoms with Crippen LogP contribution in [0.15, 0.2) is 0 Å². The van der Waals surface area contributed by atoms with Gasteiger partial charge in [-0.1, -0.05) is 12.8 Å². The molecule has 0 aromatic carbocycles. The second kappa shape index (κ2) is 5.82. The number of hydrogen-bond acceptors (Lipinski definition) is 4. The molecule has 1 N–H and O–H groups in total. The lowest BCUT2D eigenvalue weighted by Gasteiger charge is -2.33. The number of aryl methyl sites for hydroxylation is 1. The van der Waals surface area contributed by atoms with Crippen LogP contribution in [0.2, 0.25) is 0 Å². The highest BCUT2D eigenvalue weighted by atomic mass is 32.1. The number of nitrogens with one attached hydrogen (secondary N) is 1. The Kier molecular flexibility index (Phi) is 4.08. The van der Waals surface area contributed by atoms with E-state index in [0.29, 0.717) is 5.92 Å². The van der Waals surface area contributed by atoms with Crippen LogP contribution in [0.5, 0.6) is 0 Å². The van der Waals surface area contributed by atoms with Gasteiger partial charge in [-0.3, -0.25) is 4.79 Å². The molecule has 1 aromatic rings. The van der Waals surface area contributed by atoms with Crippen molar-refractivity contribution in [1.82, 2.24) is 15.2 Å². The normalized spacial score (nSPS) is 24.3. The lowest BCUT2D eigenvalue weighted by atomic mass is 10.1. The van der Waals surface area contributed by atoms with Gasteiger partial charge in [0, 0.05) is 31.6 Å². The maximum atomic E-state index is 12.7. The van der Waals surface area contributed by atoms with Gasteiger partial charge in [-0.15, -0.1) is 11.3 Å². The monoisotopic (exact) mass is 293 g/mol. The Bertz CT molecular complexity index is 493. The second-order valence-corrected chi connectivity index (χ2v) is 7.03. The maximum absolute atomic E-state index is 12.7. The molecule has 1 aliphatic carbocycles. The first-order valence-corrected chi connectivity index (χ1v) is 8.47. The number of rotatable bonds is 2. The zero-order valence-corrected chi connectivity index (χ0v) is 13.1. The van der Waals surface area contributed by atoms with E-state index in [9.17, 15) is 4.79 Å². The molecule has 0 unspecified atom stereocenters. The van der Waals surface area contributed by atoms with E-state index in [1.807, 2.05) is 11.8 Å². The lowest BCUT2D eigenvalue weighted by Crippen LogP contribution is -2.52. The summed E-state index contributed by atoms with van der Waals surface area (Å²) in [5, 5.41) is 4.52. The van der Waals surface area contributed by atoms with Gasteiger partial charge in [-0.05, 0) is 26.7 Å². The minimum Gasteiger partial charge on any atom is -0.333 e. The van der Waals surface area contributed by atoms with E-state index in [0.717, 1.165) is 30.2 Å². The Labute approximate surface area is 124 Å². The number of piperazine rings is 1. The number of hydrogen-bond donors (Lipinski definition) is 1. The van der Waals surface area contributed by atoms with Crippen LogP contribution in [0.25, 0.3) is 0 Å². The number of aromatic nitrogens is 1. The van der Waals surface area contributed by atoms with E-state index >= 15 is 0 Å². The first kappa shape index (κ1) is 14.0. The standard InChI is InChI=1S/C15H23N3OS/c1-10-9-16-7-8-18(10)15(19)13-11(2)17-14(20-13)12-5-3-4-6-12/h10,12,16H,3-9H2,1-2H3/t10-/m0/s1. The van der Waals surface area contributed by atoms with Crippen molar-refractivity contribution in [2.75, 3.05) is 19.6 Å². The highest BCUT2D eigenvalue weighted by Gasteiger charge is 2.29. The molecule has 1 aliphatic heterocycles. The fraction of sp³-hybridized carbons (Fsp3) is 0.733. The summed E-state index contributed by atoms with van der Waals surface area (Å²) >= 11 is 1.64. The van der Waals surface area contributed by atoms with E-state index in [-0.39, 0.29) is 11.9 Å². The van der Waals surface area contributed by atoms with Gasteiger partial charge in [0.05, 0.1) is 10.7 Å². The fourth-order valence-corrected chi connectivity index (χ4v) is 4.43. The summed E-state index contributed by atoms with van der Waals surface area (Å²) in [5.41, 5.74) is 0.924. The zero-order valence-electron chi connectivity index (χ0n) is 12.3. The Morgan fingerprint density at radius 1 is 1.40 bits per heavy atom. The molecule has 1 saturated heterocycles. The average Bonchev–Trinajstić information content (AvgIpc) is 3.07. The number of nitrogens with zero attached hydrogens (tertiary/aromatic N) is 2. The first-order valence-electron chi connectivity index (χ1n) is 7.66. The molecule has 2 fully saturated rings. The maximum Gasteiger partial charge on any atom is 0.266 e. The summed E-state index contributed by atoms with van der Waals surface area (Å²) in [6.07, 6.45) is 5.10. The van der Waals surface area contributed by atoms with Crippen molar-refractivity contribution in [2.45, 2.75) is 51.5 Å². The predicted molar refractivity (Wildman–Crippen MR) is 81.4 cm³/mol. The van der Waals surface area contributed by atoms with E-state index in [2.05, 4.69) is 17.2 Å². The highest BCUT2D eigenvalue weighted by molar-refractivity contribution is 7.13. The molecule has 4 nitrogen and oxygen atoms in total. The van der Waals surface area contributed by atoms with Gasteiger partial charge in [0.15, 0.2) is 0 Å². The van der Waals surface area contributed by atoms with Crippen LogP contribution in [0.3, 0.4) is 0 Å². The van der Waals surface area contributed by atoms with E-state index in [1.54, 1.807) is 11.3 Å². The van der Waals surface area contributed by atoms with Gasteiger partial charge >= 0.3 is 0 Å². The smallest absolute Gasteiger partial charge is 0.266 e. The van der Waals surface area contributed by atoms with E-state index in [1.165, 1.54) is 30.7 Å². The van der Waals surface area contributed by atoms with Gasteiger partial charge in [0.25, 0.3) is 5.91 Å². The van der Waals surface area contributed by atoms with Crippen molar-refractivity contribution in [3.05, 3.63) is 15.6 Å². The number of carbonyl (C=O) groups excluding carboxylic acids is 1. The first-order chi connectivity index (χ1) is 9.66. The average molecular weight is 293 g/mol. The van der Waals surface area contributed by atoms with Gasteiger partial charge in [-0.2, -0.15) is 0 Å². The predicted octanol–water partition coefficient (Wildman–Crippen LogP) is 2.54. The topological polar surface area (TPSA) is 45.2 Å². The molecular weight excluding hydrogens is 270 g/mol. The Morgan fingerprint density at radius 2 is 2.15 bits per heavy atom. The summed E-state index contributed by atoms with van der Waals surface area (Å²) in [5.74, 6) is 0.777. The van der Waals surface area contributed by atoms with Crippen LogP contribution < -0.4 is 5.32 Å². The molecule has 5 heteroatoms. The van der Waals surface area contributed by atoms with Gasteiger partial charge in [0.2, 0.25) is 0 Å². The SMILES string of the molecule is Cc1nc(C2CCCC2)sc1C(=O)N1CCNC[C@@H]1C. The third-order valence-electron chi connectivity index (χ3n) is 4.47. The molecule has 0 bridgehead atoms. The van der Waals surface area contributed by atoms with Crippen LogP contribution in [0.1, 0.15) is 58.9 Å². The summed E-state index contributed by atoms with van der Waals surface area (Å²) in [4.78, 5) is 20.3. The molecule has 1 atom stereocenters. The summed E-state index contributed by atoms with van der Waals surface area (Å²) in [7, 11) is 0. The van der Waals surface area contributed by atoms with Crippen molar-refractivity contribution in [2.24, 2.45) is 0 Å². The molecule has 20 heavy (non-hydrogen) atoms. The van der Waals surface area contributed by atoms with Crippen LogP contribution in [0.4, 0.5) is 0 Å². The zero-order chi connectivity index (χ0) is 14.1. The minimum absolute atomic E-state index is 0.179. The van der Waals surface area contributed by atoms with E-state index < -0.39 is 0 Å². The third-order valence-corrected chi connectivity index (χ3v) is 5.78. The van der Waals surface area contributed by atoms with Crippen molar-refractivity contribution in [1.29, 1.82) is 0 Å². The largest absolute Gasteiger partial charge is 0.333 e. The second-order valence-electron chi connectivity index (χ2n) is 6.00. The van der Waals surface area contributed by atoms with Crippen molar-refractivity contribution < 1.29 is 4.79 Å². The number of amides is 1. The summed E-state index contributed by atoms with van der Waals surface area (Å²) < 4.78 is 0. The molecule has 0 radical (unpaired) electrons. The highest BCUT2D eigenvalue weighted by Crippen LogP contribution is 2.37. The van der Waals surface area contributed by atoms with Crippen LogP contribution >= 0.6 is 11.3 Å². The quantitative estimate of drug-likeness (QED) is 0.911. The molecule has 0 spiro atoms. The molecule has 1 aromatic heterocycles. The summed E-state index contributed by atoms with van der Waals surface area (Å²) in [6, 6.07) is 0.271. The van der Waals surface area contributed by atoms with Crippen LogP contribution in [0, 0.1) is 6.92 Å². The van der Waals surface area contributed by atoms with Gasteiger partial charge in [-0.25, -0.2) is 4.98 Å². The van der Waals surface area contributed by atoms with E-state index in [4.69, 9.17) is 0 Å². The minimum atomic E-state index is 0.179. The van der Waals surface area contributed by atoms with Gasteiger partial charge in [0.1, 0.15) is 4.88 Å². The Hall–Kier alpha value is -0.940. The van der Waals surface area contributed by atoms with Crippen molar-refractivity contribution in [3.8, 4) is 0 Å². The molecule has 2 aliphatic rings. The Morgan fingerprint density at radius 3 is 2.85 bits per heavy atom. The molecular formula is C15H23N3OS. The molecule has 110 valence electrons. The van der Waals surface area contributed by atoms with Crippen molar-refractivity contribution in [3.63, 3.8) is 0 Å². The molecule has 2 heterocycles. The van der Waals surface area contributed by atoms with Gasteiger partial charge < -0.3 is 10.2 Å². The lowest BCUT2D eigenvalue weighted by molar-refractivity contribution is 0.0660. The fourth-order valence-electron chi connectivity index (χ4n) is 3.24. The Balaban J connectivity index is 1.80. The summed E-state index contributed by atoms with van der Waals surface area (Å²) in [6.45, 7) is 6.67. The van der Waals surface area contributed by atoms with Crippen LogP contribution in [-0.2, 0) is 0 Å². The number of thiazole rings is 1. The molecule has 3 rings (SSSR count). The van der Waals surface area contributed by atoms with Crippen LogP contribution in [-0.4, -0.2) is 41.5 Å². The number of carbonyl (C=O) groups is 1. The third kappa shape index (κ3) is 2.61. The molecule has 1 saturated carbocycles. The molecule has 1 amide bonds.